The molecule has 5 heteroatoms. The number of hydrogen-bond acceptors (Lipinski definition) is 4. The molecule has 0 spiro atoms. The van der Waals surface area contributed by atoms with Crippen molar-refractivity contribution in [2.75, 3.05) is 20.2 Å². The van der Waals surface area contributed by atoms with E-state index < -0.39 is 5.97 Å². The van der Waals surface area contributed by atoms with Crippen LogP contribution in [0.3, 0.4) is 0 Å². The van der Waals surface area contributed by atoms with Gasteiger partial charge in [0.15, 0.2) is 11.5 Å². The molecule has 1 aromatic carbocycles. The first-order chi connectivity index (χ1) is 11.0. The number of hydrogen-bond donors (Lipinski definition) is 1. The van der Waals surface area contributed by atoms with E-state index in [0.29, 0.717) is 13.1 Å². The summed E-state index contributed by atoms with van der Waals surface area (Å²) in [5, 5.41) is 9.24. The van der Waals surface area contributed by atoms with Gasteiger partial charge in [0.25, 0.3) is 0 Å². The van der Waals surface area contributed by atoms with Gasteiger partial charge in [0.05, 0.1) is 19.1 Å². The molecule has 1 aromatic rings. The predicted octanol–water partition coefficient (Wildman–Crippen LogP) is 3.17. The van der Waals surface area contributed by atoms with Crippen molar-refractivity contribution < 1.29 is 19.4 Å². The fourth-order valence-electron chi connectivity index (χ4n) is 2.91. The Morgan fingerprint density at radius 1 is 1.48 bits per heavy atom. The van der Waals surface area contributed by atoms with Gasteiger partial charge in [-0.05, 0) is 38.8 Å². The van der Waals surface area contributed by atoms with Gasteiger partial charge in [-0.15, -0.1) is 0 Å². The Kier molecular flexibility index (Phi) is 6.28. The second kappa shape index (κ2) is 8.20. The van der Waals surface area contributed by atoms with E-state index in [9.17, 15) is 9.90 Å². The molecule has 1 fully saturated rings. The van der Waals surface area contributed by atoms with Gasteiger partial charge in [0.2, 0.25) is 0 Å². The number of methoxy groups -OCH3 is 1. The summed E-state index contributed by atoms with van der Waals surface area (Å²) in [5.74, 6) is 0.543. The Labute approximate surface area is 138 Å². The summed E-state index contributed by atoms with van der Waals surface area (Å²) in [6, 6.07) is 5.89. The Morgan fingerprint density at radius 2 is 2.26 bits per heavy atom. The van der Waals surface area contributed by atoms with E-state index in [2.05, 4.69) is 11.8 Å². The number of piperidine rings is 1. The number of carboxylic acids is 1. The maximum absolute atomic E-state index is 11.2. The number of rotatable bonds is 7. The molecule has 0 amide bonds. The summed E-state index contributed by atoms with van der Waals surface area (Å²) in [7, 11) is 1.64. The van der Waals surface area contributed by atoms with Gasteiger partial charge < -0.3 is 14.6 Å². The fourth-order valence-corrected chi connectivity index (χ4v) is 2.91. The molecule has 0 aromatic heterocycles. The average Bonchev–Trinajstić information content (AvgIpc) is 2.56. The number of benzene rings is 1. The van der Waals surface area contributed by atoms with E-state index in [1.54, 1.807) is 7.11 Å². The third-order valence-corrected chi connectivity index (χ3v) is 4.42. The SMILES string of the molecule is CCC(C)Oc1c(CN2CCCC(C(=O)O)C2)cccc1OC. The number of carbonyl (C=O) groups is 1. The molecule has 1 N–H and O–H groups in total. The zero-order chi connectivity index (χ0) is 16.8. The van der Waals surface area contributed by atoms with Crippen LogP contribution in [0.5, 0.6) is 11.5 Å². The number of ether oxygens (including phenoxy) is 2. The van der Waals surface area contributed by atoms with E-state index in [1.807, 2.05) is 25.1 Å². The molecule has 128 valence electrons. The monoisotopic (exact) mass is 321 g/mol. The van der Waals surface area contributed by atoms with Crippen molar-refractivity contribution in [3.63, 3.8) is 0 Å². The van der Waals surface area contributed by atoms with Crippen LogP contribution in [0.2, 0.25) is 0 Å². The van der Waals surface area contributed by atoms with Crippen molar-refractivity contribution in [1.82, 2.24) is 4.90 Å². The van der Waals surface area contributed by atoms with Crippen LogP contribution >= 0.6 is 0 Å². The van der Waals surface area contributed by atoms with Gasteiger partial charge in [-0.2, -0.15) is 0 Å². The predicted molar refractivity (Wildman–Crippen MR) is 89.0 cm³/mol. The molecule has 0 aliphatic carbocycles. The third kappa shape index (κ3) is 4.61. The van der Waals surface area contributed by atoms with Crippen LogP contribution in [-0.2, 0) is 11.3 Å². The molecular formula is C18H27NO4. The lowest BCUT2D eigenvalue weighted by Crippen LogP contribution is -2.38. The lowest BCUT2D eigenvalue weighted by Gasteiger charge is -2.31. The molecular weight excluding hydrogens is 294 g/mol. The molecule has 1 aliphatic heterocycles. The maximum atomic E-state index is 11.2. The summed E-state index contributed by atoms with van der Waals surface area (Å²) in [5.41, 5.74) is 1.05. The normalized spacial score (nSPS) is 20.0. The number of likely N-dealkylation sites (tertiary alicyclic amines) is 1. The average molecular weight is 321 g/mol. The van der Waals surface area contributed by atoms with E-state index >= 15 is 0 Å². The van der Waals surface area contributed by atoms with Crippen LogP contribution in [0, 0.1) is 5.92 Å². The van der Waals surface area contributed by atoms with E-state index in [-0.39, 0.29) is 12.0 Å². The van der Waals surface area contributed by atoms with Crippen LogP contribution in [0.25, 0.3) is 0 Å². The molecule has 0 saturated carbocycles. The third-order valence-electron chi connectivity index (χ3n) is 4.42. The molecule has 1 heterocycles. The highest BCUT2D eigenvalue weighted by Crippen LogP contribution is 2.34. The van der Waals surface area contributed by atoms with Crippen LogP contribution in [-0.4, -0.2) is 42.3 Å². The Bertz CT molecular complexity index is 532. The molecule has 23 heavy (non-hydrogen) atoms. The van der Waals surface area contributed by atoms with Crippen LogP contribution < -0.4 is 9.47 Å². The minimum Gasteiger partial charge on any atom is -0.493 e. The molecule has 2 unspecified atom stereocenters. The second-order valence-electron chi connectivity index (χ2n) is 6.20. The van der Waals surface area contributed by atoms with Gasteiger partial charge in [-0.25, -0.2) is 0 Å². The smallest absolute Gasteiger partial charge is 0.307 e. The molecule has 0 bridgehead atoms. The van der Waals surface area contributed by atoms with Crippen LogP contribution in [0.1, 0.15) is 38.7 Å². The Hall–Kier alpha value is -1.75. The quantitative estimate of drug-likeness (QED) is 0.836. The summed E-state index contributed by atoms with van der Waals surface area (Å²) >= 11 is 0. The van der Waals surface area contributed by atoms with Crippen molar-refractivity contribution in [3.8, 4) is 11.5 Å². The lowest BCUT2D eigenvalue weighted by atomic mass is 9.98. The lowest BCUT2D eigenvalue weighted by molar-refractivity contribution is -0.143. The van der Waals surface area contributed by atoms with Gasteiger partial charge >= 0.3 is 5.97 Å². The minimum absolute atomic E-state index is 0.109. The molecule has 0 radical (unpaired) electrons. The summed E-state index contributed by atoms with van der Waals surface area (Å²) in [6.07, 6.45) is 2.71. The molecule has 5 nitrogen and oxygen atoms in total. The molecule has 1 aliphatic rings. The Balaban J connectivity index is 2.16. The highest BCUT2D eigenvalue weighted by molar-refractivity contribution is 5.70. The first-order valence-corrected chi connectivity index (χ1v) is 8.32. The number of para-hydroxylation sites is 1. The molecule has 2 atom stereocenters. The number of carboxylic acid groups (broad SMARTS) is 1. The number of nitrogens with zero attached hydrogens (tertiary/aromatic N) is 1. The highest BCUT2D eigenvalue weighted by Gasteiger charge is 2.26. The zero-order valence-corrected chi connectivity index (χ0v) is 14.2. The van der Waals surface area contributed by atoms with Gasteiger partial charge in [0.1, 0.15) is 0 Å². The maximum Gasteiger partial charge on any atom is 0.307 e. The van der Waals surface area contributed by atoms with Crippen molar-refractivity contribution >= 4 is 5.97 Å². The fraction of sp³-hybridized carbons (Fsp3) is 0.611. The van der Waals surface area contributed by atoms with E-state index in [0.717, 1.165) is 42.9 Å². The topological polar surface area (TPSA) is 59.0 Å². The van der Waals surface area contributed by atoms with Gasteiger partial charge in [-0.3, -0.25) is 9.69 Å². The highest BCUT2D eigenvalue weighted by atomic mass is 16.5. The van der Waals surface area contributed by atoms with Crippen molar-refractivity contribution in [3.05, 3.63) is 23.8 Å². The second-order valence-corrected chi connectivity index (χ2v) is 6.20. The minimum atomic E-state index is -0.698. The van der Waals surface area contributed by atoms with Gasteiger partial charge in [-0.1, -0.05) is 19.1 Å². The van der Waals surface area contributed by atoms with Crippen molar-refractivity contribution in [2.45, 2.75) is 45.8 Å². The first kappa shape index (κ1) is 17.6. The van der Waals surface area contributed by atoms with Gasteiger partial charge in [0, 0.05) is 18.7 Å². The van der Waals surface area contributed by atoms with E-state index in [1.165, 1.54) is 0 Å². The Morgan fingerprint density at radius 3 is 2.91 bits per heavy atom. The zero-order valence-electron chi connectivity index (χ0n) is 14.2. The molecule has 1 saturated heterocycles. The summed E-state index contributed by atoms with van der Waals surface area (Å²) < 4.78 is 11.5. The largest absolute Gasteiger partial charge is 0.493 e. The van der Waals surface area contributed by atoms with Crippen molar-refractivity contribution in [2.24, 2.45) is 5.92 Å². The van der Waals surface area contributed by atoms with E-state index in [4.69, 9.17) is 9.47 Å². The first-order valence-electron chi connectivity index (χ1n) is 8.32. The summed E-state index contributed by atoms with van der Waals surface area (Å²) in [6.45, 7) is 6.32. The number of aliphatic carboxylic acids is 1. The van der Waals surface area contributed by atoms with Crippen molar-refractivity contribution in [1.29, 1.82) is 0 Å². The standard InChI is InChI=1S/C18H27NO4/c1-4-13(2)23-17-14(7-5-9-16(17)22-3)11-19-10-6-8-15(12-19)18(20)21/h5,7,9,13,15H,4,6,8,10-12H2,1-3H3,(H,20,21). The summed E-state index contributed by atoms with van der Waals surface area (Å²) in [4.78, 5) is 13.4. The molecule has 2 rings (SSSR count). The van der Waals surface area contributed by atoms with Crippen LogP contribution in [0.4, 0.5) is 0 Å². The van der Waals surface area contributed by atoms with Crippen LogP contribution in [0.15, 0.2) is 18.2 Å².